The lowest BCUT2D eigenvalue weighted by Gasteiger charge is -2.26. The fourth-order valence-electron chi connectivity index (χ4n) is 3.63. The number of rotatable bonds is 4. The highest BCUT2D eigenvalue weighted by atomic mass is 16.4. The second-order valence-electron chi connectivity index (χ2n) is 6.37. The van der Waals surface area contributed by atoms with Crippen molar-refractivity contribution in [1.29, 1.82) is 0 Å². The molecule has 21 heavy (non-hydrogen) atoms. The predicted molar refractivity (Wildman–Crippen MR) is 77.7 cm³/mol. The molecule has 1 aliphatic carbocycles. The number of amides is 1. The van der Waals surface area contributed by atoms with Gasteiger partial charge in [-0.25, -0.2) is 0 Å². The Hall–Kier alpha value is -1.14. The van der Waals surface area contributed by atoms with Gasteiger partial charge in [-0.05, 0) is 31.7 Å². The molecule has 0 spiro atoms. The van der Waals surface area contributed by atoms with Gasteiger partial charge in [-0.2, -0.15) is 0 Å². The summed E-state index contributed by atoms with van der Waals surface area (Å²) >= 11 is 0. The largest absolute Gasteiger partial charge is 0.481 e. The minimum Gasteiger partial charge on any atom is -0.481 e. The number of aliphatic hydroxyl groups is 1. The van der Waals surface area contributed by atoms with Crippen LogP contribution in [0.2, 0.25) is 0 Å². The zero-order valence-corrected chi connectivity index (χ0v) is 12.7. The van der Waals surface area contributed by atoms with Crippen molar-refractivity contribution in [3.05, 3.63) is 0 Å². The summed E-state index contributed by atoms with van der Waals surface area (Å²) in [5, 5.41) is 18.3. The van der Waals surface area contributed by atoms with Crippen molar-refractivity contribution in [1.82, 2.24) is 9.80 Å². The standard InChI is InChI=1S/C15H26N2O4/c1-11-9-12(13(10-11)15(20)21)14(19)17-4-2-3-16(5-6-17)7-8-18/h11-13,18H,2-10H2,1H3,(H,20,21)/t11?,12-,13+/m0/s1. The maximum absolute atomic E-state index is 12.7. The molecule has 1 amide bonds. The normalized spacial score (nSPS) is 31.1. The molecular weight excluding hydrogens is 272 g/mol. The van der Waals surface area contributed by atoms with Crippen molar-refractivity contribution in [2.45, 2.75) is 26.2 Å². The van der Waals surface area contributed by atoms with Crippen LogP contribution in [0.4, 0.5) is 0 Å². The number of nitrogens with zero attached hydrogens (tertiary/aromatic N) is 2. The monoisotopic (exact) mass is 298 g/mol. The second kappa shape index (κ2) is 7.22. The van der Waals surface area contributed by atoms with Gasteiger partial charge in [-0.3, -0.25) is 14.5 Å². The predicted octanol–water partition coefficient (Wildman–Crippen LogP) is 0.260. The average molecular weight is 298 g/mol. The summed E-state index contributed by atoms with van der Waals surface area (Å²) in [6, 6.07) is 0. The van der Waals surface area contributed by atoms with E-state index in [2.05, 4.69) is 4.90 Å². The van der Waals surface area contributed by atoms with Gasteiger partial charge in [0.05, 0.1) is 18.4 Å². The van der Waals surface area contributed by atoms with Crippen LogP contribution in [0.25, 0.3) is 0 Å². The Morgan fingerprint density at radius 1 is 1.10 bits per heavy atom. The molecule has 120 valence electrons. The lowest BCUT2D eigenvalue weighted by atomic mass is 9.94. The molecule has 0 bridgehead atoms. The van der Waals surface area contributed by atoms with Crippen molar-refractivity contribution in [2.24, 2.45) is 17.8 Å². The Balaban J connectivity index is 1.97. The smallest absolute Gasteiger partial charge is 0.307 e. The quantitative estimate of drug-likeness (QED) is 0.778. The first-order chi connectivity index (χ1) is 10.0. The lowest BCUT2D eigenvalue weighted by molar-refractivity contribution is -0.149. The first-order valence-corrected chi connectivity index (χ1v) is 7.87. The molecule has 1 aliphatic heterocycles. The highest BCUT2D eigenvalue weighted by molar-refractivity contribution is 5.85. The van der Waals surface area contributed by atoms with Crippen LogP contribution in [0.3, 0.4) is 0 Å². The van der Waals surface area contributed by atoms with Crippen LogP contribution in [-0.4, -0.2) is 71.2 Å². The van der Waals surface area contributed by atoms with Crippen LogP contribution >= 0.6 is 0 Å². The number of β-amino-alcohol motifs (C(OH)–C–C–N with tert-alkyl or cyclic N) is 1. The molecule has 0 aromatic rings. The summed E-state index contributed by atoms with van der Waals surface area (Å²) in [6.07, 6.45) is 2.18. The molecule has 1 saturated heterocycles. The third-order valence-corrected chi connectivity index (χ3v) is 4.75. The zero-order valence-electron chi connectivity index (χ0n) is 12.7. The summed E-state index contributed by atoms with van der Waals surface area (Å²) in [5.41, 5.74) is 0. The first-order valence-electron chi connectivity index (χ1n) is 7.87. The highest BCUT2D eigenvalue weighted by Crippen LogP contribution is 2.37. The SMILES string of the molecule is CC1C[C@H](C(=O)N2CCCN(CCO)CC2)[C@H](C(=O)O)C1. The van der Waals surface area contributed by atoms with Gasteiger partial charge in [0.25, 0.3) is 0 Å². The van der Waals surface area contributed by atoms with E-state index in [1.807, 2.05) is 11.8 Å². The molecule has 0 aromatic carbocycles. The van der Waals surface area contributed by atoms with Crippen molar-refractivity contribution in [2.75, 3.05) is 39.3 Å². The maximum atomic E-state index is 12.7. The van der Waals surface area contributed by atoms with Gasteiger partial charge in [0.15, 0.2) is 0 Å². The van der Waals surface area contributed by atoms with Crippen LogP contribution in [-0.2, 0) is 9.59 Å². The molecule has 3 atom stereocenters. The number of carbonyl (C=O) groups is 2. The molecule has 0 aromatic heterocycles. The minimum atomic E-state index is -0.838. The van der Waals surface area contributed by atoms with Crippen LogP contribution in [0.5, 0.6) is 0 Å². The molecule has 6 nitrogen and oxygen atoms in total. The summed E-state index contributed by atoms with van der Waals surface area (Å²) in [7, 11) is 0. The summed E-state index contributed by atoms with van der Waals surface area (Å²) in [5.74, 6) is -1.41. The second-order valence-corrected chi connectivity index (χ2v) is 6.37. The Bertz CT molecular complexity index is 388. The number of carboxylic acids is 1. The number of hydrogen-bond donors (Lipinski definition) is 2. The van der Waals surface area contributed by atoms with E-state index in [1.54, 1.807) is 0 Å². The van der Waals surface area contributed by atoms with Crippen molar-refractivity contribution in [3.63, 3.8) is 0 Å². The number of carboxylic acid groups (broad SMARTS) is 1. The van der Waals surface area contributed by atoms with E-state index in [0.29, 0.717) is 38.4 Å². The van der Waals surface area contributed by atoms with Crippen LogP contribution < -0.4 is 0 Å². The number of aliphatic hydroxyl groups excluding tert-OH is 1. The molecular formula is C15H26N2O4. The van der Waals surface area contributed by atoms with Gasteiger partial charge in [-0.15, -0.1) is 0 Å². The maximum Gasteiger partial charge on any atom is 0.307 e. The number of aliphatic carboxylic acids is 1. The van der Waals surface area contributed by atoms with E-state index in [0.717, 1.165) is 19.5 Å². The van der Waals surface area contributed by atoms with Gasteiger partial charge in [0, 0.05) is 26.2 Å². The fraction of sp³-hybridized carbons (Fsp3) is 0.867. The summed E-state index contributed by atoms with van der Waals surface area (Å²) in [6.45, 7) is 5.76. The Kier molecular flexibility index (Phi) is 5.58. The third-order valence-electron chi connectivity index (χ3n) is 4.75. The molecule has 2 fully saturated rings. The zero-order chi connectivity index (χ0) is 15.4. The molecule has 1 saturated carbocycles. The van der Waals surface area contributed by atoms with Gasteiger partial charge in [0.1, 0.15) is 0 Å². The van der Waals surface area contributed by atoms with Crippen LogP contribution in [0.1, 0.15) is 26.2 Å². The highest BCUT2D eigenvalue weighted by Gasteiger charge is 2.42. The first kappa shape index (κ1) is 16.2. The van der Waals surface area contributed by atoms with E-state index in [9.17, 15) is 14.7 Å². The third kappa shape index (κ3) is 3.95. The van der Waals surface area contributed by atoms with Crippen molar-refractivity contribution < 1.29 is 19.8 Å². The molecule has 1 unspecified atom stereocenters. The molecule has 2 rings (SSSR count). The van der Waals surface area contributed by atoms with Gasteiger partial charge >= 0.3 is 5.97 Å². The Morgan fingerprint density at radius 2 is 1.81 bits per heavy atom. The topological polar surface area (TPSA) is 81.1 Å². The fourth-order valence-corrected chi connectivity index (χ4v) is 3.63. The Morgan fingerprint density at radius 3 is 2.48 bits per heavy atom. The molecule has 2 N–H and O–H groups in total. The average Bonchev–Trinajstić information content (AvgIpc) is 2.68. The van der Waals surface area contributed by atoms with E-state index in [-0.39, 0.29) is 18.4 Å². The molecule has 2 aliphatic rings. The van der Waals surface area contributed by atoms with Crippen molar-refractivity contribution in [3.8, 4) is 0 Å². The van der Waals surface area contributed by atoms with Crippen molar-refractivity contribution >= 4 is 11.9 Å². The lowest BCUT2D eigenvalue weighted by Crippen LogP contribution is -2.41. The van der Waals surface area contributed by atoms with Crippen LogP contribution in [0, 0.1) is 17.8 Å². The number of hydrogen-bond acceptors (Lipinski definition) is 4. The van der Waals surface area contributed by atoms with Crippen LogP contribution in [0.15, 0.2) is 0 Å². The summed E-state index contributed by atoms with van der Waals surface area (Å²) < 4.78 is 0. The van der Waals surface area contributed by atoms with E-state index in [4.69, 9.17) is 5.11 Å². The van der Waals surface area contributed by atoms with E-state index < -0.39 is 11.9 Å². The van der Waals surface area contributed by atoms with E-state index in [1.165, 1.54) is 0 Å². The van der Waals surface area contributed by atoms with E-state index >= 15 is 0 Å². The molecule has 0 radical (unpaired) electrons. The van der Waals surface area contributed by atoms with Gasteiger partial charge in [-0.1, -0.05) is 6.92 Å². The van der Waals surface area contributed by atoms with Gasteiger partial charge < -0.3 is 15.1 Å². The molecule has 6 heteroatoms. The number of carbonyl (C=O) groups excluding carboxylic acids is 1. The molecule has 1 heterocycles. The summed E-state index contributed by atoms with van der Waals surface area (Å²) in [4.78, 5) is 28.0. The minimum absolute atomic E-state index is 0.0117. The Labute approximate surface area is 125 Å². The van der Waals surface area contributed by atoms with Gasteiger partial charge in [0.2, 0.25) is 5.91 Å².